The lowest BCUT2D eigenvalue weighted by Gasteiger charge is -2.10. The van der Waals surface area contributed by atoms with Crippen molar-refractivity contribution < 1.29 is 9.13 Å². The third-order valence-electron chi connectivity index (χ3n) is 2.61. The molecule has 0 aliphatic carbocycles. The van der Waals surface area contributed by atoms with Crippen molar-refractivity contribution in [1.82, 2.24) is 0 Å². The van der Waals surface area contributed by atoms with Crippen LogP contribution < -0.4 is 10.5 Å². The molecule has 0 heterocycles. The van der Waals surface area contributed by atoms with E-state index in [0.717, 1.165) is 11.1 Å². The van der Waals surface area contributed by atoms with E-state index in [4.69, 9.17) is 22.1 Å². The summed E-state index contributed by atoms with van der Waals surface area (Å²) in [6, 6.07) is 10.1. The lowest BCUT2D eigenvalue weighted by atomic mass is 10.1. The van der Waals surface area contributed by atoms with Crippen molar-refractivity contribution in [2.75, 3.05) is 0 Å². The average Bonchev–Trinajstić information content (AvgIpc) is 2.36. The largest absolute Gasteiger partial charge is 0.457 e. The van der Waals surface area contributed by atoms with Gasteiger partial charge in [0.05, 0.1) is 5.02 Å². The Hall–Kier alpha value is -1.58. The summed E-state index contributed by atoms with van der Waals surface area (Å²) in [7, 11) is 0. The SMILES string of the molecule is Cc1ccc(CN)cc1Oc1ccc(Cl)c(F)c1. The molecule has 2 aromatic carbocycles. The number of halogens is 2. The summed E-state index contributed by atoms with van der Waals surface area (Å²) in [5.74, 6) is 0.579. The third kappa shape index (κ3) is 2.81. The fourth-order valence-electron chi connectivity index (χ4n) is 1.55. The molecule has 0 spiro atoms. The standard InChI is InChI=1S/C14H13ClFNO/c1-9-2-3-10(8-17)6-14(9)18-11-4-5-12(15)13(16)7-11/h2-7H,8,17H2,1H3. The highest BCUT2D eigenvalue weighted by Crippen LogP contribution is 2.28. The van der Waals surface area contributed by atoms with Gasteiger partial charge in [-0.3, -0.25) is 0 Å². The van der Waals surface area contributed by atoms with Gasteiger partial charge in [0.1, 0.15) is 17.3 Å². The molecule has 2 nitrogen and oxygen atoms in total. The van der Waals surface area contributed by atoms with E-state index in [1.807, 2.05) is 25.1 Å². The molecule has 0 amide bonds. The summed E-state index contributed by atoms with van der Waals surface area (Å²) in [6.07, 6.45) is 0. The minimum atomic E-state index is -0.498. The van der Waals surface area contributed by atoms with Gasteiger partial charge in [-0.15, -0.1) is 0 Å². The maximum absolute atomic E-state index is 13.3. The molecular weight excluding hydrogens is 253 g/mol. The van der Waals surface area contributed by atoms with Gasteiger partial charge in [-0.2, -0.15) is 0 Å². The van der Waals surface area contributed by atoms with Crippen molar-refractivity contribution in [3.63, 3.8) is 0 Å². The van der Waals surface area contributed by atoms with Gasteiger partial charge in [-0.25, -0.2) is 4.39 Å². The molecule has 2 aromatic rings. The summed E-state index contributed by atoms with van der Waals surface area (Å²) in [4.78, 5) is 0. The van der Waals surface area contributed by atoms with Gasteiger partial charge in [0.15, 0.2) is 0 Å². The zero-order chi connectivity index (χ0) is 13.1. The Labute approximate surface area is 110 Å². The second-order valence-corrected chi connectivity index (χ2v) is 4.39. The highest BCUT2D eigenvalue weighted by Gasteiger charge is 2.06. The smallest absolute Gasteiger partial charge is 0.145 e. The quantitative estimate of drug-likeness (QED) is 0.909. The van der Waals surface area contributed by atoms with Crippen LogP contribution in [0.25, 0.3) is 0 Å². The zero-order valence-electron chi connectivity index (χ0n) is 9.91. The predicted molar refractivity (Wildman–Crippen MR) is 70.6 cm³/mol. The van der Waals surface area contributed by atoms with Gasteiger partial charge >= 0.3 is 0 Å². The van der Waals surface area contributed by atoms with Crippen molar-refractivity contribution in [3.8, 4) is 11.5 Å². The second kappa shape index (κ2) is 5.38. The molecule has 94 valence electrons. The van der Waals surface area contributed by atoms with Crippen LogP contribution in [0.1, 0.15) is 11.1 Å². The van der Waals surface area contributed by atoms with E-state index in [0.29, 0.717) is 18.0 Å². The monoisotopic (exact) mass is 265 g/mol. The first-order valence-electron chi connectivity index (χ1n) is 5.52. The predicted octanol–water partition coefficient (Wildman–Crippen LogP) is 4.04. The van der Waals surface area contributed by atoms with Crippen molar-refractivity contribution in [2.45, 2.75) is 13.5 Å². The molecule has 0 aromatic heterocycles. The van der Waals surface area contributed by atoms with E-state index in [2.05, 4.69) is 0 Å². The molecule has 0 unspecified atom stereocenters. The van der Waals surface area contributed by atoms with Crippen LogP contribution in [0.2, 0.25) is 5.02 Å². The van der Waals surface area contributed by atoms with Gasteiger partial charge in [-0.1, -0.05) is 23.7 Å². The number of hydrogen-bond donors (Lipinski definition) is 1. The molecule has 0 aliphatic heterocycles. The average molecular weight is 266 g/mol. The molecule has 0 saturated carbocycles. The van der Waals surface area contributed by atoms with Gasteiger partial charge in [0.2, 0.25) is 0 Å². The number of rotatable bonds is 3. The number of aryl methyl sites for hydroxylation is 1. The first kappa shape index (κ1) is 12.9. The van der Waals surface area contributed by atoms with E-state index >= 15 is 0 Å². The Morgan fingerprint density at radius 1 is 1.22 bits per heavy atom. The minimum absolute atomic E-state index is 0.0785. The van der Waals surface area contributed by atoms with Crippen molar-refractivity contribution in [3.05, 3.63) is 58.4 Å². The highest BCUT2D eigenvalue weighted by atomic mass is 35.5. The van der Waals surface area contributed by atoms with E-state index in [1.165, 1.54) is 12.1 Å². The number of hydrogen-bond acceptors (Lipinski definition) is 2. The molecule has 0 radical (unpaired) electrons. The number of nitrogens with two attached hydrogens (primary N) is 1. The molecule has 4 heteroatoms. The van der Waals surface area contributed by atoms with Gasteiger partial charge < -0.3 is 10.5 Å². The molecule has 2 N–H and O–H groups in total. The topological polar surface area (TPSA) is 35.2 Å². The molecule has 0 aliphatic rings. The van der Waals surface area contributed by atoms with Crippen LogP contribution in [-0.4, -0.2) is 0 Å². The maximum Gasteiger partial charge on any atom is 0.145 e. The van der Waals surface area contributed by atoms with E-state index in [9.17, 15) is 4.39 Å². The fraction of sp³-hybridized carbons (Fsp3) is 0.143. The summed E-state index contributed by atoms with van der Waals surface area (Å²) < 4.78 is 18.9. The van der Waals surface area contributed by atoms with Crippen LogP contribution >= 0.6 is 11.6 Å². The number of ether oxygens (including phenoxy) is 1. The molecule has 0 fully saturated rings. The first-order chi connectivity index (χ1) is 8.60. The first-order valence-corrected chi connectivity index (χ1v) is 5.90. The zero-order valence-corrected chi connectivity index (χ0v) is 10.7. The lowest BCUT2D eigenvalue weighted by molar-refractivity contribution is 0.472. The van der Waals surface area contributed by atoms with Crippen LogP contribution in [-0.2, 0) is 6.54 Å². The van der Waals surface area contributed by atoms with E-state index in [1.54, 1.807) is 6.07 Å². The third-order valence-corrected chi connectivity index (χ3v) is 2.91. The highest BCUT2D eigenvalue weighted by molar-refractivity contribution is 6.30. The Morgan fingerprint density at radius 3 is 2.67 bits per heavy atom. The maximum atomic E-state index is 13.3. The lowest BCUT2D eigenvalue weighted by Crippen LogP contribution is -1.97. The molecule has 18 heavy (non-hydrogen) atoms. The van der Waals surface area contributed by atoms with Crippen molar-refractivity contribution in [2.24, 2.45) is 5.73 Å². The Bertz CT molecular complexity index is 572. The summed E-state index contributed by atoms with van der Waals surface area (Å²) >= 11 is 5.62. The van der Waals surface area contributed by atoms with E-state index in [-0.39, 0.29) is 5.02 Å². The van der Waals surface area contributed by atoms with Crippen LogP contribution in [0.4, 0.5) is 4.39 Å². The molecule has 0 atom stereocenters. The Morgan fingerprint density at radius 2 is 2.00 bits per heavy atom. The molecule has 0 saturated heterocycles. The summed E-state index contributed by atoms with van der Waals surface area (Å²) in [5.41, 5.74) is 7.50. The van der Waals surface area contributed by atoms with Gasteiger partial charge in [0.25, 0.3) is 0 Å². The minimum Gasteiger partial charge on any atom is -0.457 e. The van der Waals surface area contributed by atoms with Crippen LogP contribution in [0, 0.1) is 12.7 Å². The number of benzene rings is 2. The van der Waals surface area contributed by atoms with Crippen LogP contribution in [0.15, 0.2) is 36.4 Å². The van der Waals surface area contributed by atoms with Gasteiger partial charge in [-0.05, 0) is 36.2 Å². The van der Waals surface area contributed by atoms with Crippen LogP contribution in [0.3, 0.4) is 0 Å². The second-order valence-electron chi connectivity index (χ2n) is 3.98. The Kier molecular flexibility index (Phi) is 3.84. The normalized spacial score (nSPS) is 10.4. The van der Waals surface area contributed by atoms with Crippen LogP contribution in [0.5, 0.6) is 11.5 Å². The summed E-state index contributed by atoms with van der Waals surface area (Å²) in [6.45, 7) is 2.35. The fourth-order valence-corrected chi connectivity index (χ4v) is 1.67. The molecule has 0 bridgehead atoms. The summed E-state index contributed by atoms with van der Waals surface area (Å²) in [5, 5.41) is 0.0785. The van der Waals surface area contributed by atoms with Crippen molar-refractivity contribution >= 4 is 11.6 Å². The van der Waals surface area contributed by atoms with Crippen molar-refractivity contribution in [1.29, 1.82) is 0 Å². The molecule has 2 rings (SSSR count). The molecular formula is C14H13ClFNO. The Balaban J connectivity index is 2.30. The van der Waals surface area contributed by atoms with Gasteiger partial charge in [0, 0.05) is 12.6 Å². The van der Waals surface area contributed by atoms with E-state index < -0.39 is 5.82 Å².